The first-order chi connectivity index (χ1) is 6.72. The summed E-state index contributed by atoms with van der Waals surface area (Å²) >= 11 is 3.22. The number of unbranched alkanes of at least 4 members (excludes halogenated alkanes) is 2. The highest BCUT2D eigenvalue weighted by Crippen LogP contribution is 2.14. The van der Waals surface area contributed by atoms with Crippen LogP contribution in [0.15, 0.2) is 10.7 Å². The van der Waals surface area contributed by atoms with E-state index < -0.39 is 0 Å². The lowest BCUT2D eigenvalue weighted by molar-refractivity contribution is 0.282. The highest BCUT2D eigenvalue weighted by Gasteiger charge is 2.00. The van der Waals surface area contributed by atoms with Gasteiger partial charge < -0.3 is 10.5 Å². The predicted molar refractivity (Wildman–Crippen MR) is 59.2 cm³/mol. The number of halogens is 1. The fourth-order valence-electron chi connectivity index (χ4n) is 0.993. The van der Waals surface area contributed by atoms with Gasteiger partial charge in [-0.1, -0.05) is 19.8 Å². The smallest absolute Gasteiger partial charge is 0.319 e. The van der Waals surface area contributed by atoms with E-state index >= 15 is 0 Å². The molecule has 1 aromatic rings. The lowest BCUT2D eigenvalue weighted by Crippen LogP contribution is -2.03. The van der Waals surface area contributed by atoms with Gasteiger partial charge in [-0.15, -0.1) is 0 Å². The molecule has 0 aliphatic rings. The predicted octanol–water partition coefficient (Wildman–Crippen LogP) is 2.39. The first-order valence-corrected chi connectivity index (χ1v) is 5.44. The molecule has 0 fully saturated rings. The van der Waals surface area contributed by atoms with Gasteiger partial charge in [0.05, 0.1) is 6.61 Å². The molecule has 0 saturated carbocycles. The van der Waals surface area contributed by atoms with Gasteiger partial charge >= 0.3 is 6.01 Å². The van der Waals surface area contributed by atoms with Crippen molar-refractivity contribution in [1.29, 1.82) is 0 Å². The van der Waals surface area contributed by atoms with Gasteiger partial charge in [-0.05, 0) is 22.4 Å². The summed E-state index contributed by atoms with van der Waals surface area (Å²) in [5.41, 5.74) is 5.53. The molecule has 1 aromatic heterocycles. The highest BCUT2D eigenvalue weighted by atomic mass is 79.9. The molecule has 0 bridgehead atoms. The minimum absolute atomic E-state index is 0.341. The van der Waals surface area contributed by atoms with Crippen molar-refractivity contribution in [3.63, 3.8) is 0 Å². The van der Waals surface area contributed by atoms with Gasteiger partial charge in [0.2, 0.25) is 0 Å². The number of nitrogens with two attached hydrogens (primary N) is 1. The number of nitrogen functional groups attached to an aromatic ring is 1. The molecule has 0 aromatic carbocycles. The highest BCUT2D eigenvalue weighted by molar-refractivity contribution is 9.10. The van der Waals surface area contributed by atoms with Gasteiger partial charge in [0.1, 0.15) is 10.4 Å². The summed E-state index contributed by atoms with van der Waals surface area (Å²) in [5, 5.41) is 0. The Morgan fingerprint density at radius 3 is 2.86 bits per heavy atom. The molecule has 78 valence electrons. The second-order valence-electron chi connectivity index (χ2n) is 2.95. The van der Waals surface area contributed by atoms with Crippen molar-refractivity contribution in [3.05, 3.63) is 10.7 Å². The summed E-state index contributed by atoms with van der Waals surface area (Å²) < 4.78 is 5.99. The maximum atomic E-state index is 5.53. The number of anilines is 1. The largest absolute Gasteiger partial charge is 0.463 e. The number of hydrogen-bond donors (Lipinski definition) is 1. The Kier molecular flexibility index (Phi) is 4.65. The second kappa shape index (κ2) is 5.80. The molecule has 5 heteroatoms. The fourth-order valence-corrected chi connectivity index (χ4v) is 1.38. The van der Waals surface area contributed by atoms with E-state index in [0.717, 1.165) is 12.8 Å². The molecule has 0 spiro atoms. The van der Waals surface area contributed by atoms with Crippen LogP contribution in [0, 0.1) is 0 Å². The van der Waals surface area contributed by atoms with Gasteiger partial charge in [-0.3, -0.25) is 0 Å². The van der Waals surface area contributed by atoms with Crippen LogP contribution >= 0.6 is 15.9 Å². The van der Waals surface area contributed by atoms with Crippen molar-refractivity contribution in [2.24, 2.45) is 0 Å². The fraction of sp³-hybridized carbons (Fsp3) is 0.556. The average Bonchev–Trinajstić information content (AvgIpc) is 2.11. The molecule has 0 aliphatic heterocycles. The van der Waals surface area contributed by atoms with Crippen LogP contribution in [0.25, 0.3) is 0 Å². The molecular formula is C9H14BrN3O. The topological polar surface area (TPSA) is 61.0 Å². The third-order valence-corrected chi connectivity index (χ3v) is 2.08. The monoisotopic (exact) mass is 259 g/mol. The van der Waals surface area contributed by atoms with Crippen LogP contribution in [0.3, 0.4) is 0 Å². The molecule has 0 amide bonds. The molecule has 0 aliphatic carbocycles. The van der Waals surface area contributed by atoms with Crippen molar-refractivity contribution < 1.29 is 4.74 Å². The Bertz CT molecular complexity index is 273. The second-order valence-corrected chi connectivity index (χ2v) is 3.77. The SMILES string of the molecule is CCCCCOc1nc(N)cc(Br)n1. The zero-order valence-electron chi connectivity index (χ0n) is 8.16. The number of ether oxygens (including phenoxy) is 1. The first kappa shape index (κ1) is 11.2. The minimum atomic E-state index is 0.341. The van der Waals surface area contributed by atoms with Gasteiger partial charge in [0, 0.05) is 6.07 Å². The Labute approximate surface area is 92.0 Å². The van der Waals surface area contributed by atoms with Crippen LogP contribution < -0.4 is 10.5 Å². The van der Waals surface area contributed by atoms with Crippen molar-refractivity contribution in [2.45, 2.75) is 26.2 Å². The molecule has 0 unspecified atom stereocenters. The Morgan fingerprint density at radius 1 is 1.43 bits per heavy atom. The van der Waals surface area contributed by atoms with Gasteiger partial charge in [-0.2, -0.15) is 9.97 Å². The van der Waals surface area contributed by atoms with Gasteiger partial charge in [0.25, 0.3) is 0 Å². The van der Waals surface area contributed by atoms with Crippen molar-refractivity contribution in [3.8, 4) is 6.01 Å². The average molecular weight is 260 g/mol. The lowest BCUT2D eigenvalue weighted by atomic mass is 10.3. The van der Waals surface area contributed by atoms with Crippen LogP contribution in [0.2, 0.25) is 0 Å². The van der Waals surface area contributed by atoms with E-state index in [1.807, 2.05) is 0 Å². The van der Waals surface area contributed by atoms with Crippen molar-refractivity contribution in [2.75, 3.05) is 12.3 Å². The number of nitrogens with zero attached hydrogens (tertiary/aromatic N) is 2. The third kappa shape index (κ3) is 3.91. The standard InChI is InChI=1S/C9H14BrN3O/c1-2-3-4-5-14-9-12-7(10)6-8(11)13-9/h6H,2-5H2,1H3,(H2,11,12,13). The van der Waals surface area contributed by atoms with E-state index in [2.05, 4.69) is 32.8 Å². The molecule has 0 atom stereocenters. The molecular weight excluding hydrogens is 246 g/mol. The molecule has 2 N–H and O–H groups in total. The first-order valence-electron chi connectivity index (χ1n) is 4.65. The van der Waals surface area contributed by atoms with Gasteiger partial charge in [-0.25, -0.2) is 0 Å². The van der Waals surface area contributed by atoms with E-state index in [9.17, 15) is 0 Å². The van der Waals surface area contributed by atoms with E-state index in [1.54, 1.807) is 6.07 Å². The lowest BCUT2D eigenvalue weighted by Gasteiger charge is -2.04. The molecule has 1 heterocycles. The minimum Gasteiger partial charge on any atom is -0.463 e. The Morgan fingerprint density at radius 2 is 2.21 bits per heavy atom. The molecule has 1 rings (SSSR count). The summed E-state index contributed by atoms with van der Waals surface area (Å²) in [6.07, 6.45) is 3.35. The Hall–Kier alpha value is -0.840. The van der Waals surface area contributed by atoms with E-state index in [-0.39, 0.29) is 0 Å². The zero-order chi connectivity index (χ0) is 10.4. The van der Waals surface area contributed by atoms with Crippen LogP contribution in [0.4, 0.5) is 5.82 Å². The van der Waals surface area contributed by atoms with Crippen LogP contribution in [0.1, 0.15) is 26.2 Å². The van der Waals surface area contributed by atoms with E-state index in [4.69, 9.17) is 10.5 Å². The quantitative estimate of drug-likeness (QED) is 0.652. The summed E-state index contributed by atoms with van der Waals surface area (Å²) in [4.78, 5) is 7.98. The van der Waals surface area contributed by atoms with E-state index in [0.29, 0.717) is 23.0 Å². The number of aromatic nitrogens is 2. The summed E-state index contributed by atoms with van der Waals surface area (Å²) in [7, 11) is 0. The third-order valence-electron chi connectivity index (χ3n) is 1.67. The molecule has 14 heavy (non-hydrogen) atoms. The Balaban J connectivity index is 2.42. The van der Waals surface area contributed by atoms with Crippen LogP contribution in [-0.4, -0.2) is 16.6 Å². The molecule has 0 saturated heterocycles. The van der Waals surface area contributed by atoms with Crippen molar-refractivity contribution in [1.82, 2.24) is 9.97 Å². The van der Waals surface area contributed by atoms with Gasteiger partial charge in [0.15, 0.2) is 0 Å². The van der Waals surface area contributed by atoms with Crippen LogP contribution in [-0.2, 0) is 0 Å². The normalized spacial score (nSPS) is 10.1. The van der Waals surface area contributed by atoms with E-state index in [1.165, 1.54) is 6.42 Å². The molecule has 0 radical (unpaired) electrons. The summed E-state index contributed by atoms with van der Waals surface area (Å²) in [6, 6.07) is 1.98. The summed E-state index contributed by atoms with van der Waals surface area (Å²) in [5.74, 6) is 0.414. The molecule has 4 nitrogen and oxygen atoms in total. The van der Waals surface area contributed by atoms with Crippen LogP contribution in [0.5, 0.6) is 6.01 Å². The maximum absolute atomic E-state index is 5.53. The van der Waals surface area contributed by atoms with Crippen molar-refractivity contribution >= 4 is 21.7 Å². The maximum Gasteiger partial charge on any atom is 0.319 e. The number of rotatable bonds is 5. The zero-order valence-corrected chi connectivity index (χ0v) is 9.75. The summed E-state index contributed by atoms with van der Waals surface area (Å²) in [6.45, 7) is 2.79. The number of hydrogen-bond acceptors (Lipinski definition) is 4.